The molecule has 1 rings (SSSR count). The molecule has 0 amide bonds. The number of esters is 1. The second-order valence-electron chi connectivity index (χ2n) is 7.50. The zero-order chi connectivity index (χ0) is 18.7. The SMILES string of the molecule is CCOC(=O)[C@@H](N[S@@](=O)c1c(C)cc(C)cc1C)C(C)C(C)(C)C. The number of carbonyl (C=O) groups excluding carboxylic acids is 1. The lowest BCUT2D eigenvalue weighted by molar-refractivity contribution is -0.147. The van der Waals surface area contributed by atoms with E-state index in [9.17, 15) is 9.00 Å². The number of hydrogen-bond donors (Lipinski definition) is 1. The van der Waals surface area contributed by atoms with Crippen LogP contribution in [0.15, 0.2) is 17.0 Å². The van der Waals surface area contributed by atoms with Crippen LogP contribution in [-0.2, 0) is 20.5 Å². The summed E-state index contributed by atoms with van der Waals surface area (Å²) in [6, 6.07) is 3.40. The average molecular weight is 354 g/mol. The first-order valence-electron chi connectivity index (χ1n) is 8.41. The van der Waals surface area contributed by atoms with Crippen molar-refractivity contribution < 1.29 is 13.7 Å². The van der Waals surface area contributed by atoms with E-state index in [2.05, 4.69) is 25.5 Å². The fourth-order valence-corrected chi connectivity index (χ4v) is 4.07. The summed E-state index contributed by atoms with van der Waals surface area (Å²) in [7, 11) is -1.48. The molecule has 1 aromatic rings. The highest BCUT2D eigenvalue weighted by atomic mass is 32.2. The molecule has 0 aliphatic rings. The topological polar surface area (TPSA) is 55.4 Å². The van der Waals surface area contributed by atoms with Crippen LogP contribution in [0, 0.1) is 32.1 Å². The van der Waals surface area contributed by atoms with Gasteiger partial charge in [-0.1, -0.05) is 45.4 Å². The summed E-state index contributed by atoms with van der Waals surface area (Å²) in [5.41, 5.74) is 2.94. The molecule has 1 N–H and O–H groups in total. The van der Waals surface area contributed by atoms with E-state index >= 15 is 0 Å². The molecule has 4 nitrogen and oxygen atoms in total. The van der Waals surface area contributed by atoms with Crippen molar-refractivity contribution in [2.75, 3.05) is 6.61 Å². The van der Waals surface area contributed by atoms with Gasteiger partial charge in [-0.25, -0.2) is 8.93 Å². The minimum Gasteiger partial charge on any atom is -0.465 e. The molecule has 24 heavy (non-hydrogen) atoms. The number of ether oxygens (including phenoxy) is 1. The van der Waals surface area contributed by atoms with E-state index in [0.717, 1.165) is 21.6 Å². The van der Waals surface area contributed by atoms with Gasteiger partial charge in [-0.2, -0.15) is 0 Å². The van der Waals surface area contributed by atoms with E-state index < -0.39 is 17.0 Å². The fraction of sp³-hybridized carbons (Fsp3) is 0.632. The summed E-state index contributed by atoms with van der Waals surface area (Å²) in [6.07, 6.45) is 0. The maximum Gasteiger partial charge on any atom is 0.324 e. The molecule has 0 saturated carbocycles. The van der Waals surface area contributed by atoms with Gasteiger partial charge in [0, 0.05) is 0 Å². The minimum atomic E-state index is -1.48. The second kappa shape index (κ2) is 8.26. The first kappa shape index (κ1) is 20.8. The Morgan fingerprint density at radius 1 is 1.21 bits per heavy atom. The van der Waals surface area contributed by atoms with Gasteiger partial charge in [-0.15, -0.1) is 0 Å². The van der Waals surface area contributed by atoms with Crippen LogP contribution in [0.2, 0.25) is 0 Å². The Bertz CT molecular complexity index is 597. The van der Waals surface area contributed by atoms with Crippen LogP contribution >= 0.6 is 0 Å². The van der Waals surface area contributed by atoms with Gasteiger partial charge in [-0.3, -0.25) is 4.79 Å². The molecule has 1 aromatic carbocycles. The van der Waals surface area contributed by atoms with Crippen molar-refractivity contribution in [3.05, 3.63) is 28.8 Å². The number of nitrogens with one attached hydrogen (secondary N) is 1. The van der Waals surface area contributed by atoms with E-state index in [1.54, 1.807) is 6.92 Å². The number of benzene rings is 1. The van der Waals surface area contributed by atoms with Gasteiger partial charge < -0.3 is 4.74 Å². The molecule has 0 fully saturated rings. The lowest BCUT2D eigenvalue weighted by Gasteiger charge is -2.33. The molecule has 0 bridgehead atoms. The standard InChI is InChI=1S/C19H31NO3S/c1-9-23-18(21)16(15(5)19(6,7)8)20-24(22)17-13(3)10-12(2)11-14(17)4/h10-11,15-16,20H,9H2,1-8H3/t15?,16-,24-/m0/s1. The molecule has 0 aliphatic heterocycles. The predicted octanol–water partition coefficient (Wildman–Crippen LogP) is 3.84. The summed E-state index contributed by atoms with van der Waals surface area (Å²) < 4.78 is 21.2. The molecule has 0 aliphatic carbocycles. The van der Waals surface area contributed by atoms with Crippen molar-refractivity contribution >= 4 is 17.0 Å². The van der Waals surface area contributed by atoms with E-state index in [1.807, 2.05) is 39.8 Å². The van der Waals surface area contributed by atoms with Gasteiger partial charge in [0.1, 0.15) is 17.0 Å². The van der Waals surface area contributed by atoms with Crippen molar-refractivity contribution in [3.63, 3.8) is 0 Å². The summed E-state index contributed by atoms with van der Waals surface area (Å²) in [6.45, 7) is 16.2. The van der Waals surface area contributed by atoms with E-state index in [-0.39, 0.29) is 17.3 Å². The van der Waals surface area contributed by atoms with E-state index in [1.165, 1.54) is 0 Å². The first-order chi connectivity index (χ1) is 11.0. The van der Waals surface area contributed by atoms with Crippen molar-refractivity contribution in [3.8, 4) is 0 Å². The highest BCUT2D eigenvalue weighted by Crippen LogP contribution is 2.30. The first-order valence-corrected chi connectivity index (χ1v) is 9.56. The van der Waals surface area contributed by atoms with Gasteiger partial charge in [0.2, 0.25) is 0 Å². The Labute approximate surface area is 149 Å². The third-order valence-corrected chi connectivity index (χ3v) is 5.91. The predicted molar refractivity (Wildman–Crippen MR) is 99.2 cm³/mol. The maximum absolute atomic E-state index is 12.9. The molecule has 0 spiro atoms. The Kier molecular flexibility index (Phi) is 7.17. The highest BCUT2D eigenvalue weighted by molar-refractivity contribution is 7.83. The van der Waals surface area contributed by atoms with Gasteiger partial charge in [0.15, 0.2) is 0 Å². The molecule has 0 saturated heterocycles. The zero-order valence-electron chi connectivity index (χ0n) is 16.1. The molecule has 3 atom stereocenters. The van der Waals surface area contributed by atoms with Gasteiger partial charge >= 0.3 is 5.97 Å². The second-order valence-corrected chi connectivity index (χ2v) is 8.68. The van der Waals surface area contributed by atoms with E-state index in [4.69, 9.17) is 4.74 Å². The molecular weight excluding hydrogens is 322 g/mol. The Morgan fingerprint density at radius 2 is 1.71 bits per heavy atom. The largest absolute Gasteiger partial charge is 0.465 e. The number of aryl methyl sites for hydroxylation is 3. The van der Waals surface area contributed by atoms with Crippen molar-refractivity contribution in [1.29, 1.82) is 0 Å². The van der Waals surface area contributed by atoms with E-state index in [0.29, 0.717) is 6.61 Å². The lowest BCUT2D eigenvalue weighted by atomic mass is 9.78. The van der Waals surface area contributed by atoms with Crippen LogP contribution < -0.4 is 4.72 Å². The smallest absolute Gasteiger partial charge is 0.324 e. The van der Waals surface area contributed by atoms with Crippen molar-refractivity contribution in [2.24, 2.45) is 11.3 Å². The molecule has 5 heteroatoms. The van der Waals surface area contributed by atoms with Crippen LogP contribution in [-0.4, -0.2) is 22.8 Å². The van der Waals surface area contributed by atoms with Crippen LogP contribution in [0.5, 0.6) is 0 Å². The highest BCUT2D eigenvalue weighted by Gasteiger charge is 2.35. The minimum absolute atomic E-state index is 0.0356. The molecule has 0 radical (unpaired) electrons. The number of hydrogen-bond acceptors (Lipinski definition) is 3. The molecule has 136 valence electrons. The summed E-state index contributed by atoms with van der Waals surface area (Å²) >= 11 is 0. The van der Waals surface area contributed by atoms with Crippen LogP contribution in [0.1, 0.15) is 51.3 Å². The zero-order valence-corrected chi connectivity index (χ0v) is 17.0. The van der Waals surface area contributed by atoms with Gasteiger partial charge in [-0.05, 0) is 50.2 Å². The summed E-state index contributed by atoms with van der Waals surface area (Å²) in [4.78, 5) is 13.1. The van der Waals surface area contributed by atoms with Gasteiger partial charge in [0.25, 0.3) is 0 Å². The Morgan fingerprint density at radius 3 is 2.12 bits per heavy atom. The molecule has 1 unspecified atom stereocenters. The average Bonchev–Trinajstić information content (AvgIpc) is 2.42. The molecule has 0 aromatic heterocycles. The van der Waals surface area contributed by atoms with Crippen molar-refractivity contribution in [1.82, 2.24) is 4.72 Å². The van der Waals surface area contributed by atoms with Gasteiger partial charge in [0.05, 0.1) is 11.5 Å². The quantitative estimate of drug-likeness (QED) is 0.791. The molecular formula is C19H31NO3S. The summed E-state index contributed by atoms with van der Waals surface area (Å²) in [5.74, 6) is -0.387. The number of rotatable bonds is 6. The summed E-state index contributed by atoms with van der Waals surface area (Å²) in [5, 5.41) is 0. The lowest BCUT2D eigenvalue weighted by Crippen LogP contribution is -2.48. The maximum atomic E-state index is 12.9. The third kappa shape index (κ3) is 5.15. The fourth-order valence-electron chi connectivity index (χ4n) is 2.72. The third-order valence-electron chi connectivity index (χ3n) is 4.43. The van der Waals surface area contributed by atoms with Crippen molar-refractivity contribution in [2.45, 2.75) is 66.3 Å². The van der Waals surface area contributed by atoms with Crippen LogP contribution in [0.4, 0.5) is 0 Å². The normalized spacial score (nSPS) is 15.7. The number of carbonyl (C=O) groups is 1. The van der Waals surface area contributed by atoms with Crippen LogP contribution in [0.3, 0.4) is 0 Å². The van der Waals surface area contributed by atoms with Crippen LogP contribution in [0.25, 0.3) is 0 Å². The molecule has 0 heterocycles. The Hall–Kier alpha value is -1.20. The monoisotopic (exact) mass is 353 g/mol. The Balaban J connectivity index is 3.15.